The van der Waals surface area contributed by atoms with Crippen LogP contribution in [0.2, 0.25) is 0 Å². The Morgan fingerprint density at radius 1 is 0.682 bits per heavy atom. The fourth-order valence-corrected chi connectivity index (χ4v) is 2.72. The van der Waals surface area contributed by atoms with E-state index in [1.807, 2.05) is 0 Å². The maximum Gasteiger partial charge on any atom is 0.217 e. The van der Waals surface area contributed by atoms with Crippen molar-refractivity contribution < 1.29 is 4.79 Å². The number of rotatable bonds is 17. The Hall–Kier alpha value is -0.790. The van der Waals surface area contributed by atoms with Crippen molar-refractivity contribution >= 4 is 5.91 Å². The molecule has 130 valence electrons. The van der Waals surface area contributed by atoms with Gasteiger partial charge in [0.25, 0.3) is 0 Å². The lowest BCUT2D eigenvalue weighted by Crippen LogP contribution is -2.09. The van der Waals surface area contributed by atoms with Gasteiger partial charge in [-0.25, -0.2) is 0 Å². The van der Waals surface area contributed by atoms with Crippen LogP contribution in [-0.2, 0) is 4.79 Å². The van der Waals surface area contributed by atoms with E-state index in [0.29, 0.717) is 6.42 Å². The van der Waals surface area contributed by atoms with Crippen molar-refractivity contribution in [1.82, 2.24) is 0 Å². The monoisotopic (exact) mass is 309 g/mol. The minimum Gasteiger partial charge on any atom is -0.370 e. The molecule has 0 heterocycles. The molecule has 0 fully saturated rings. The highest BCUT2D eigenvalue weighted by Gasteiger charge is 1.94. The number of hydrogen-bond donors (Lipinski definition) is 1. The van der Waals surface area contributed by atoms with Crippen LogP contribution in [0.25, 0.3) is 0 Å². The molecule has 0 aliphatic rings. The summed E-state index contributed by atoms with van der Waals surface area (Å²) in [4.78, 5) is 10.6. The summed E-state index contributed by atoms with van der Waals surface area (Å²) in [6, 6.07) is 0. The van der Waals surface area contributed by atoms with Crippen LogP contribution in [0.15, 0.2) is 12.2 Å². The van der Waals surface area contributed by atoms with Gasteiger partial charge in [-0.05, 0) is 32.1 Å². The molecule has 0 spiro atoms. The van der Waals surface area contributed by atoms with Gasteiger partial charge in [0, 0.05) is 6.42 Å². The second-order valence-corrected chi connectivity index (χ2v) is 6.51. The van der Waals surface area contributed by atoms with Crippen molar-refractivity contribution in [2.24, 2.45) is 5.73 Å². The van der Waals surface area contributed by atoms with Crippen LogP contribution >= 0.6 is 0 Å². The van der Waals surface area contributed by atoms with Crippen LogP contribution in [0.1, 0.15) is 110 Å². The lowest BCUT2D eigenvalue weighted by molar-refractivity contribution is -0.118. The molecule has 0 saturated heterocycles. The van der Waals surface area contributed by atoms with Gasteiger partial charge in [-0.1, -0.05) is 83.3 Å². The summed E-state index contributed by atoms with van der Waals surface area (Å²) in [5.74, 6) is -0.163. The lowest BCUT2D eigenvalue weighted by atomic mass is 10.1. The number of unbranched alkanes of at least 4 members (excludes halogenated alkanes) is 13. The van der Waals surface area contributed by atoms with Crippen LogP contribution in [0.5, 0.6) is 0 Å². The van der Waals surface area contributed by atoms with Crippen LogP contribution in [0.3, 0.4) is 0 Å². The van der Waals surface area contributed by atoms with Gasteiger partial charge in [0.15, 0.2) is 0 Å². The molecule has 2 N–H and O–H groups in total. The van der Waals surface area contributed by atoms with E-state index in [9.17, 15) is 4.79 Å². The molecule has 0 saturated carbocycles. The Balaban J connectivity index is 3.07. The Bertz CT molecular complexity index is 260. The number of amides is 1. The molecule has 0 radical (unpaired) electrons. The maximum atomic E-state index is 10.6. The molecule has 22 heavy (non-hydrogen) atoms. The first-order valence-corrected chi connectivity index (χ1v) is 9.70. The summed E-state index contributed by atoms with van der Waals surface area (Å²) in [6.45, 7) is 2.27. The van der Waals surface area contributed by atoms with E-state index in [-0.39, 0.29) is 5.91 Å². The first-order valence-electron chi connectivity index (χ1n) is 9.70. The standard InChI is InChI=1S/C20H39NO/c1-2-3-4-5-6-7-8-9-10-11-12-13-14-15-16-17-18-19-20(21)22/h11-12H,2-10,13-19H2,1H3,(H2,21,22). The van der Waals surface area contributed by atoms with Crippen LogP contribution < -0.4 is 5.73 Å². The molecular formula is C20H39NO. The predicted octanol–water partition coefficient (Wildman–Crippen LogP) is 6.29. The van der Waals surface area contributed by atoms with Crippen molar-refractivity contribution in [3.8, 4) is 0 Å². The fraction of sp³-hybridized carbons (Fsp3) is 0.850. The highest BCUT2D eigenvalue weighted by molar-refractivity contribution is 5.73. The summed E-state index contributed by atoms with van der Waals surface area (Å²) >= 11 is 0. The van der Waals surface area contributed by atoms with E-state index in [2.05, 4.69) is 19.1 Å². The van der Waals surface area contributed by atoms with E-state index in [1.54, 1.807) is 0 Å². The molecule has 0 rings (SSSR count). The molecule has 2 nitrogen and oxygen atoms in total. The predicted molar refractivity (Wildman–Crippen MR) is 97.9 cm³/mol. The van der Waals surface area contributed by atoms with E-state index >= 15 is 0 Å². The quantitative estimate of drug-likeness (QED) is 0.249. The largest absolute Gasteiger partial charge is 0.370 e. The third-order valence-electron chi connectivity index (χ3n) is 4.18. The van der Waals surface area contributed by atoms with Crippen LogP contribution in [-0.4, -0.2) is 5.91 Å². The van der Waals surface area contributed by atoms with Crippen molar-refractivity contribution in [2.45, 2.75) is 110 Å². The van der Waals surface area contributed by atoms with Gasteiger partial charge in [0.1, 0.15) is 0 Å². The zero-order chi connectivity index (χ0) is 16.3. The summed E-state index contributed by atoms with van der Waals surface area (Å²) in [5.41, 5.74) is 5.11. The Labute approximate surface area is 138 Å². The van der Waals surface area contributed by atoms with Gasteiger partial charge in [-0.2, -0.15) is 0 Å². The van der Waals surface area contributed by atoms with E-state index in [1.165, 1.54) is 83.5 Å². The minimum atomic E-state index is -0.163. The van der Waals surface area contributed by atoms with E-state index in [4.69, 9.17) is 5.73 Å². The molecule has 0 aromatic heterocycles. The van der Waals surface area contributed by atoms with E-state index < -0.39 is 0 Å². The third kappa shape index (κ3) is 19.2. The van der Waals surface area contributed by atoms with Crippen molar-refractivity contribution in [2.75, 3.05) is 0 Å². The molecule has 1 amide bonds. The molecule has 2 heteroatoms. The summed E-state index contributed by atoms with van der Waals surface area (Å²) in [5, 5.41) is 0. The second-order valence-electron chi connectivity index (χ2n) is 6.51. The highest BCUT2D eigenvalue weighted by Crippen LogP contribution is 2.11. The Morgan fingerprint density at radius 2 is 1.09 bits per heavy atom. The average Bonchev–Trinajstić information content (AvgIpc) is 2.50. The maximum absolute atomic E-state index is 10.6. The summed E-state index contributed by atoms with van der Waals surface area (Å²) < 4.78 is 0. The fourth-order valence-electron chi connectivity index (χ4n) is 2.72. The Kier molecular flexibility index (Phi) is 17.6. The van der Waals surface area contributed by atoms with Gasteiger partial charge >= 0.3 is 0 Å². The number of carbonyl (C=O) groups excluding carboxylic acids is 1. The second kappa shape index (κ2) is 18.3. The van der Waals surface area contributed by atoms with Crippen molar-refractivity contribution in [3.63, 3.8) is 0 Å². The third-order valence-corrected chi connectivity index (χ3v) is 4.18. The number of allylic oxidation sites excluding steroid dienone is 2. The molecular weight excluding hydrogens is 270 g/mol. The molecule has 0 bridgehead atoms. The zero-order valence-corrected chi connectivity index (χ0v) is 15.0. The smallest absolute Gasteiger partial charge is 0.217 e. The number of primary amides is 1. The first kappa shape index (κ1) is 21.2. The molecule has 0 unspecified atom stereocenters. The normalized spacial score (nSPS) is 11.3. The minimum absolute atomic E-state index is 0.163. The SMILES string of the molecule is CCCCCCCCCCC=CCCCCCCCC(N)=O. The number of nitrogens with two attached hydrogens (primary N) is 1. The van der Waals surface area contributed by atoms with Crippen LogP contribution in [0.4, 0.5) is 0 Å². The first-order chi connectivity index (χ1) is 10.8. The molecule has 0 aliphatic heterocycles. The average molecular weight is 310 g/mol. The molecule has 0 aromatic carbocycles. The number of hydrogen-bond acceptors (Lipinski definition) is 1. The van der Waals surface area contributed by atoms with Gasteiger partial charge in [-0.3, -0.25) is 4.79 Å². The zero-order valence-electron chi connectivity index (χ0n) is 15.0. The summed E-state index contributed by atoms with van der Waals surface area (Å²) in [6.07, 6.45) is 24.9. The molecule has 0 aliphatic carbocycles. The summed E-state index contributed by atoms with van der Waals surface area (Å²) in [7, 11) is 0. The Morgan fingerprint density at radius 3 is 1.55 bits per heavy atom. The van der Waals surface area contributed by atoms with Gasteiger partial charge in [0.2, 0.25) is 5.91 Å². The van der Waals surface area contributed by atoms with Gasteiger partial charge in [-0.15, -0.1) is 0 Å². The molecule has 0 atom stereocenters. The topological polar surface area (TPSA) is 43.1 Å². The van der Waals surface area contributed by atoms with Crippen LogP contribution in [0, 0.1) is 0 Å². The van der Waals surface area contributed by atoms with Crippen molar-refractivity contribution in [1.29, 1.82) is 0 Å². The van der Waals surface area contributed by atoms with Crippen molar-refractivity contribution in [3.05, 3.63) is 12.2 Å². The number of carbonyl (C=O) groups is 1. The van der Waals surface area contributed by atoms with Gasteiger partial charge < -0.3 is 5.73 Å². The lowest BCUT2D eigenvalue weighted by Gasteiger charge is -2.00. The van der Waals surface area contributed by atoms with E-state index in [0.717, 1.165) is 12.8 Å². The molecule has 0 aromatic rings. The highest BCUT2D eigenvalue weighted by atomic mass is 16.1. The van der Waals surface area contributed by atoms with Gasteiger partial charge in [0.05, 0.1) is 0 Å².